The van der Waals surface area contributed by atoms with Crippen molar-refractivity contribution in [1.29, 1.82) is 0 Å². The molecule has 7 heteroatoms. The number of piperidine rings is 1. The number of aromatic nitrogens is 2. The van der Waals surface area contributed by atoms with E-state index in [1.807, 2.05) is 36.4 Å². The van der Waals surface area contributed by atoms with E-state index >= 15 is 0 Å². The van der Waals surface area contributed by atoms with Crippen molar-refractivity contribution < 1.29 is 4.79 Å². The lowest BCUT2D eigenvalue weighted by Gasteiger charge is -2.33. The van der Waals surface area contributed by atoms with Crippen LogP contribution in [0.3, 0.4) is 0 Å². The Kier molecular flexibility index (Phi) is 7.50. The molecule has 1 amide bonds. The first-order valence-corrected chi connectivity index (χ1v) is 14.3. The standard InChI is InChI=1S/C33H30Cl2N4O/c34-26-8-3-22(4-9-26)32(23-5-10-27(35)11-6-23)25-7-14-30-29(20-25)33(38-37-30)24-15-17-39(18-16-24)28-12-1-21(2-13-28)19-31(36)40/h1-14,20,24,32H,15-19H2,(H2,36,40)(H,37,38). The monoisotopic (exact) mass is 568 g/mol. The van der Waals surface area contributed by atoms with E-state index in [4.69, 9.17) is 28.9 Å². The summed E-state index contributed by atoms with van der Waals surface area (Å²) < 4.78 is 0. The molecule has 3 N–H and O–H groups in total. The molecule has 1 fully saturated rings. The minimum atomic E-state index is -0.309. The maximum Gasteiger partial charge on any atom is 0.221 e. The number of carbonyl (C=O) groups excluding carboxylic acids is 1. The Balaban J connectivity index is 1.26. The summed E-state index contributed by atoms with van der Waals surface area (Å²) in [5.41, 5.74) is 13.2. The molecule has 4 aromatic carbocycles. The van der Waals surface area contributed by atoms with Crippen LogP contribution in [0.1, 0.15) is 52.6 Å². The second kappa shape index (κ2) is 11.4. The number of nitrogens with zero attached hydrogens (tertiary/aromatic N) is 2. The predicted molar refractivity (Wildman–Crippen MR) is 163 cm³/mol. The first-order valence-electron chi connectivity index (χ1n) is 13.6. The van der Waals surface area contributed by atoms with E-state index in [1.165, 1.54) is 33.5 Å². The van der Waals surface area contributed by atoms with Gasteiger partial charge in [-0.25, -0.2) is 0 Å². The van der Waals surface area contributed by atoms with Gasteiger partial charge in [-0.3, -0.25) is 9.89 Å². The normalized spacial score (nSPS) is 14.2. The van der Waals surface area contributed by atoms with Crippen molar-refractivity contribution >= 4 is 45.7 Å². The van der Waals surface area contributed by atoms with Crippen LogP contribution in [0.25, 0.3) is 10.9 Å². The summed E-state index contributed by atoms with van der Waals surface area (Å²) in [5, 5.41) is 10.7. The zero-order valence-corrected chi connectivity index (χ0v) is 23.5. The maximum atomic E-state index is 11.2. The number of primary amides is 1. The number of rotatable bonds is 7. The summed E-state index contributed by atoms with van der Waals surface area (Å²) in [4.78, 5) is 13.6. The number of hydrogen-bond donors (Lipinski definition) is 2. The smallest absolute Gasteiger partial charge is 0.221 e. The Morgan fingerprint density at radius 2 is 1.43 bits per heavy atom. The largest absolute Gasteiger partial charge is 0.371 e. The van der Waals surface area contributed by atoms with E-state index in [9.17, 15) is 4.79 Å². The van der Waals surface area contributed by atoms with Crippen molar-refractivity contribution in [3.63, 3.8) is 0 Å². The zero-order chi connectivity index (χ0) is 27.6. The lowest BCUT2D eigenvalue weighted by Crippen LogP contribution is -2.33. The SMILES string of the molecule is NC(=O)Cc1ccc(N2CCC(c3[nH]nc4ccc(C(c5ccc(Cl)cc5)c5ccc(Cl)cc5)cc34)CC2)cc1. The van der Waals surface area contributed by atoms with E-state index in [0.717, 1.165) is 47.1 Å². The molecule has 1 aliphatic heterocycles. The van der Waals surface area contributed by atoms with Crippen LogP contribution in [0.2, 0.25) is 10.0 Å². The van der Waals surface area contributed by atoms with E-state index in [2.05, 4.69) is 69.7 Å². The van der Waals surface area contributed by atoms with Gasteiger partial charge in [-0.05, 0) is 83.6 Å². The van der Waals surface area contributed by atoms with Crippen LogP contribution in [0.15, 0.2) is 91.0 Å². The van der Waals surface area contributed by atoms with Crippen LogP contribution in [-0.2, 0) is 11.2 Å². The molecule has 0 spiro atoms. The fourth-order valence-corrected chi connectivity index (χ4v) is 6.13. The molecule has 5 aromatic rings. The molecule has 6 rings (SSSR count). The molecule has 1 saturated heterocycles. The summed E-state index contributed by atoms with van der Waals surface area (Å²) in [6.45, 7) is 1.91. The third kappa shape index (κ3) is 5.58. The molecular weight excluding hydrogens is 539 g/mol. The highest BCUT2D eigenvalue weighted by Gasteiger charge is 2.25. The number of aromatic amines is 1. The van der Waals surface area contributed by atoms with Crippen molar-refractivity contribution in [1.82, 2.24) is 10.2 Å². The second-order valence-corrected chi connectivity index (χ2v) is 11.4. The summed E-state index contributed by atoms with van der Waals surface area (Å²) in [7, 11) is 0. The molecule has 5 nitrogen and oxygen atoms in total. The van der Waals surface area contributed by atoms with E-state index in [-0.39, 0.29) is 18.2 Å². The first-order chi connectivity index (χ1) is 19.4. The highest BCUT2D eigenvalue weighted by atomic mass is 35.5. The number of carbonyl (C=O) groups is 1. The number of fused-ring (bicyclic) bond motifs is 1. The van der Waals surface area contributed by atoms with Crippen LogP contribution in [-0.4, -0.2) is 29.2 Å². The van der Waals surface area contributed by atoms with Crippen molar-refractivity contribution in [3.8, 4) is 0 Å². The quantitative estimate of drug-likeness (QED) is 0.200. The highest BCUT2D eigenvalue weighted by Crippen LogP contribution is 2.38. The Morgan fingerprint density at radius 3 is 2.00 bits per heavy atom. The van der Waals surface area contributed by atoms with Crippen molar-refractivity contribution in [3.05, 3.63) is 129 Å². The Morgan fingerprint density at radius 1 is 0.850 bits per heavy atom. The lowest BCUT2D eigenvalue weighted by molar-refractivity contribution is -0.117. The Bertz CT molecular complexity index is 1580. The van der Waals surface area contributed by atoms with Crippen molar-refractivity contribution in [2.45, 2.75) is 31.1 Å². The van der Waals surface area contributed by atoms with Gasteiger partial charge in [-0.15, -0.1) is 0 Å². The van der Waals surface area contributed by atoms with Gasteiger partial charge in [0.05, 0.1) is 11.9 Å². The molecule has 0 aliphatic carbocycles. The average molecular weight is 570 g/mol. The van der Waals surface area contributed by atoms with Gasteiger partial charge in [-0.2, -0.15) is 5.10 Å². The molecule has 2 heterocycles. The minimum absolute atomic E-state index is 0.0427. The van der Waals surface area contributed by atoms with Crippen LogP contribution in [0.5, 0.6) is 0 Å². The number of hydrogen-bond acceptors (Lipinski definition) is 3. The molecule has 0 unspecified atom stereocenters. The van der Waals surface area contributed by atoms with Crippen LogP contribution >= 0.6 is 23.2 Å². The van der Waals surface area contributed by atoms with Gasteiger partial charge in [0.25, 0.3) is 0 Å². The van der Waals surface area contributed by atoms with Crippen LogP contribution in [0, 0.1) is 0 Å². The fraction of sp³-hybridized carbons (Fsp3) is 0.212. The molecule has 40 heavy (non-hydrogen) atoms. The predicted octanol–water partition coefficient (Wildman–Crippen LogP) is 7.46. The molecule has 0 radical (unpaired) electrons. The molecule has 0 saturated carbocycles. The molecule has 0 bridgehead atoms. The summed E-state index contributed by atoms with van der Waals surface area (Å²) in [6.07, 6.45) is 2.33. The summed E-state index contributed by atoms with van der Waals surface area (Å²) in [5.74, 6) is 0.132. The fourth-order valence-electron chi connectivity index (χ4n) is 5.88. The van der Waals surface area contributed by atoms with E-state index in [1.54, 1.807) is 0 Å². The zero-order valence-electron chi connectivity index (χ0n) is 22.0. The van der Waals surface area contributed by atoms with E-state index in [0.29, 0.717) is 5.92 Å². The number of nitrogens with one attached hydrogen (secondary N) is 1. The second-order valence-electron chi connectivity index (χ2n) is 10.5. The third-order valence-electron chi connectivity index (χ3n) is 7.93. The number of benzene rings is 4. The number of halogens is 2. The summed E-state index contributed by atoms with van der Waals surface area (Å²) in [6, 6.07) is 30.9. The van der Waals surface area contributed by atoms with Gasteiger partial charge >= 0.3 is 0 Å². The van der Waals surface area contributed by atoms with Gasteiger partial charge in [-0.1, -0.05) is 65.7 Å². The topological polar surface area (TPSA) is 75.0 Å². The van der Waals surface area contributed by atoms with Gasteiger partial charge in [0, 0.05) is 51.7 Å². The molecule has 202 valence electrons. The van der Waals surface area contributed by atoms with Crippen LogP contribution < -0.4 is 10.6 Å². The van der Waals surface area contributed by atoms with Crippen molar-refractivity contribution in [2.75, 3.05) is 18.0 Å². The molecule has 1 aliphatic rings. The minimum Gasteiger partial charge on any atom is -0.371 e. The molecule has 1 aromatic heterocycles. The lowest BCUT2D eigenvalue weighted by atomic mass is 9.84. The Labute approximate surface area is 243 Å². The van der Waals surface area contributed by atoms with Gasteiger partial charge < -0.3 is 10.6 Å². The summed E-state index contributed by atoms with van der Waals surface area (Å²) >= 11 is 12.4. The maximum absolute atomic E-state index is 11.2. The number of amides is 1. The molecule has 0 atom stereocenters. The first kappa shape index (κ1) is 26.4. The molecular formula is C33H30Cl2N4O. The highest BCUT2D eigenvalue weighted by molar-refractivity contribution is 6.30. The van der Waals surface area contributed by atoms with Gasteiger partial charge in [0.15, 0.2) is 0 Å². The Hall–Kier alpha value is -3.80. The number of nitrogens with two attached hydrogens (primary N) is 1. The van der Waals surface area contributed by atoms with E-state index < -0.39 is 0 Å². The number of anilines is 1. The van der Waals surface area contributed by atoms with Crippen LogP contribution in [0.4, 0.5) is 5.69 Å². The van der Waals surface area contributed by atoms with Crippen molar-refractivity contribution in [2.24, 2.45) is 5.73 Å². The average Bonchev–Trinajstić information content (AvgIpc) is 3.39. The van der Waals surface area contributed by atoms with Gasteiger partial charge in [0.2, 0.25) is 5.91 Å². The van der Waals surface area contributed by atoms with Gasteiger partial charge in [0.1, 0.15) is 0 Å². The third-order valence-corrected chi connectivity index (χ3v) is 8.43. The number of H-pyrrole nitrogens is 1.